The minimum Gasteiger partial charge on any atom is -0.351 e. The van der Waals surface area contributed by atoms with Gasteiger partial charge in [-0.2, -0.15) is 0 Å². The minimum absolute atomic E-state index is 0. The summed E-state index contributed by atoms with van der Waals surface area (Å²) in [5.41, 5.74) is 1.99. The molecule has 0 aliphatic carbocycles. The zero-order chi connectivity index (χ0) is 12.8. The maximum Gasteiger partial charge on any atom is 0.251 e. The molecule has 1 aromatic rings. The second kappa shape index (κ2) is 6.40. The zero-order valence-electron chi connectivity index (χ0n) is 11.2. The second-order valence-corrected chi connectivity index (χ2v) is 4.84. The van der Waals surface area contributed by atoms with Crippen molar-refractivity contribution in [3.05, 3.63) is 35.4 Å². The lowest BCUT2D eigenvalue weighted by Crippen LogP contribution is -2.31. The number of likely N-dealkylation sites (N-methyl/N-ethyl adjacent to an activating group) is 1. The highest BCUT2D eigenvalue weighted by molar-refractivity contribution is 5.94. The van der Waals surface area contributed by atoms with E-state index in [4.69, 9.17) is 0 Å². The van der Waals surface area contributed by atoms with Gasteiger partial charge in [0.05, 0.1) is 0 Å². The summed E-state index contributed by atoms with van der Waals surface area (Å²) in [7, 11) is 3.98. The van der Waals surface area contributed by atoms with E-state index in [1.54, 1.807) is 0 Å². The lowest BCUT2D eigenvalue weighted by atomic mass is 10.0. The van der Waals surface area contributed by atoms with Gasteiger partial charge in [-0.3, -0.25) is 4.79 Å². The number of amides is 1. The summed E-state index contributed by atoms with van der Waals surface area (Å²) in [4.78, 5) is 13.8. The summed E-state index contributed by atoms with van der Waals surface area (Å²) in [6.45, 7) is 5.83. The Morgan fingerprint density at radius 2 is 1.88 bits per heavy atom. The third-order valence-electron chi connectivity index (χ3n) is 2.68. The van der Waals surface area contributed by atoms with Gasteiger partial charge in [0.15, 0.2) is 0 Å². The summed E-state index contributed by atoms with van der Waals surface area (Å²) >= 11 is 0. The van der Waals surface area contributed by atoms with Crippen LogP contribution in [0, 0.1) is 0 Å². The van der Waals surface area contributed by atoms with Gasteiger partial charge >= 0.3 is 0 Å². The van der Waals surface area contributed by atoms with E-state index in [1.165, 1.54) is 5.56 Å². The second-order valence-electron chi connectivity index (χ2n) is 4.84. The first-order valence-corrected chi connectivity index (χ1v) is 6.03. The largest absolute Gasteiger partial charge is 0.351 e. The van der Waals surface area contributed by atoms with Crippen LogP contribution in [0.15, 0.2) is 24.3 Å². The number of nitrogens with one attached hydrogen (secondary N) is 1. The Labute approximate surface area is 105 Å². The van der Waals surface area contributed by atoms with Crippen molar-refractivity contribution in [3.8, 4) is 0 Å². The molecule has 0 unspecified atom stereocenters. The predicted molar refractivity (Wildman–Crippen MR) is 73.5 cm³/mol. The van der Waals surface area contributed by atoms with Crippen LogP contribution in [0.2, 0.25) is 0 Å². The smallest absolute Gasteiger partial charge is 0.251 e. The number of carbonyl (C=O) groups is 1. The van der Waals surface area contributed by atoms with E-state index in [0.29, 0.717) is 12.5 Å². The van der Waals surface area contributed by atoms with Crippen LogP contribution in [-0.2, 0) is 0 Å². The van der Waals surface area contributed by atoms with Gasteiger partial charge in [-0.1, -0.05) is 26.0 Å². The molecule has 3 nitrogen and oxygen atoms in total. The Balaban J connectivity index is 0.00000289. The number of carbonyl (C=O) groups excluding carboxylic acids is 1. The SMILES string of the molecule is CC(C)c1ccc(C(=O)NCCN(C)C)cc1.[HH]. The monoisotopic (exact) mass is 236 g/mol. The van der Waals surface area contributed by atoms with E-state index in [9.17, 15) is 4.79 Å². The van der Waals surface area contributed by atoms with Crippen molar-refractivity contribution < 1.29 is 6.22 Å². The van der Waals surface area contributed by atoms with Crippen molar-refractivity contribution in [3.63, 3.8) is 0 Å². The van der Waals surface area contributed by atoms with E-state index in [1.807, 2.05) is 43.3 Å². The van der Waals surface area contributed by atoms with Crippen LogP contribution in [0.3, 0.4) is 0 Å². The summed E-state index contributed by atoms with van der Waals surface area (Å²) < 4.78 is 0. The summed E-state index contributed by atoms with van der Waals surface area (Å²) in [5, 5.41) is 2.90. The molecule has 0 fully saturated rings. The predicted octanol–water partition coefficient (Wildman–Crippen LogP) is 2.35. The fourth-order valence-electron chi connectivity index (χ4n) is 1.51. The number of benzene rings is 1. The molecule has 0 spiro atoms. The fourth-order valence-corrected chi connectivity index (χ4v) is 1.51. The third kappa shape index (κ3) is 4.57. The van der Waals surface area contributed by atoms with Gasteiger partial charge in [0.1, 0.15) is 0 Å². The molecular formula is C14H24N2O. The summed E-state index contributed by atoms with van der Waals surface area (Å²) in [6.07, 6.45) is 0. The standard InChI is InChI=1S/C14H22N2O.H2/c1-11(2)12-5-7-13(8-6-12)14(17)15-9-10-16(3)4;/h5-8,11H,9-10H2,1-4H3,(H,15,17);1H. The van der Waals surface area contributed by atoms with Gasteiger partial charge in [-0.05, 0) is 37.7 Å². The lowest BCUT2D eigenvalue weighted by Gasteiger charge is -2.11. The topological polar surface area (TPSA) is 32.3 Å². The molecule has 1 aromatic carbocycles. The normalized spacial score (nSPS) is 10.9. The van der Waals surface area contributed by atoms with E-state index < -0.39 is 0 Å². The van der Waals surface area contributed by atoms with Gasteiger partial charge in [0, 0.05) is 20.1 Å². The van der Waals surface area contributed by atoms with Gasteiger partial charge in [-0.15, -0.1) is 0 Å². The van der Waals surface area contributed by atoms with Crippen molar-refractivity contribution in [2.75, 3.05) is 27.2 Å². The van der Waals surface area contributed by atoms with Crippen molar-refractivity contribution in [2.24, 2.45) is 0 Å². The van der Waals surface area contributed by atoms with Crippen LogP contribution in [0.5, 0.6) is 0 Å². The van der Waals surface area contributed by atoms with Crippen LogP contribution in [-0.4, -0.2) is 38.0 Å². The van der Waals surface area contributed by atoms with Crippen LogP contribution < -0.4 is 5.32 Å². The van der Waals surface area contributed by atoms with Crippen LogP contribution in [0.1, 0.15) is 37.1 Å². The first-order chi connectivity index (χ1) is 8.00. The van der Waals surface area contributed by atoms with Crippen LogP contribution >= 0.6 is 0 Å². The van der Waals surface area contributed by atoms with Crippen LogP contribution in [0.25, 0.3) is 0 Å². The number of nitrogens with zero attached hydrogens (tertiary/aromatic N) is 1. The maximum absolute atomic E-state index is 11.8. The first-order valence-electron chi connectivity index (χ1n) is 6.03. The van der Waals surface area contributed by atoms with Gasteiger partial charge in [0.2, 0.25) is 0 Å². The molecule has 0 heterocycles. The van der Waals surface area contributed by atoms with E-state index in [-0.39, 0.29) is 7.33 Å². The molecular weight excluding hydrogens is 212 g/mol. The Hall–Kier alpha value is -1.35. The number of hydrogen-bond acceptors (Lipinski definition) is 2. The molecule has 0 aromatic heterocycles. The summed E-state index contributed by atoms with van der Waals surface area (Å²) in [5.74, 6) is 0.503. The molecule has 0 radical (unpaired) electrons. The van der Waals surface area contributed by atoms with Crippen LogP contribution in [0.4, 0.5) is 0 Å². The average molecular weight is 236 g/mol. The Morgan fingerprint density at radius 1 is 1.29 bits per heavy atom. The quantitative estimate of drug-likeness (QED) is 0.851. The minimum atomic E-state index is 0. The van der Waals surface area contributed by atoms with E-state index in [0.717, 1.165) is 12.1 Å². The molecule has 1 N–H and O–H groups in total. The Morgan fingerprint density at radius 3 is 2.35 bits per heavy atom. The average Bonchev–Trinajstić information content (AvgIpc) is 2.28. The van der Waals surface area contributed by atoms with Crippen molar-refractivity contribution >= 4 is 5.91 Å². The molecule has 1 amide bonds. The third-order valence-corrected chi connectivity index (χ3v) is 2.68. The number of hydrogen-bond donors (Lipinski definition) is 1. The molecule has 96 valence electrons. The molecule has 0 aliphatic rings. The first kappa shape index (κ1) is 13.7. The Kier molecular flexibility index (Phi) is 5.16. The van der Waals surface area contributed by atoms with Crippen molar-refractivity contribution in [1.29, 1.82) is 0 Å². The van der Waals surface area contributed by atoms with Crippen molar-refractivity contribution in [2.45, 2.75) is 19.8 Å². The molecule has 0 atom stereocenters. The highest BCUT2D eigenvalue weighted by atomic mass is 16.1. The molecule has 0 bridgehead atoms. The van der Waals surface area contributed by atoms with Gasteiger partial charge in [0.25, 0.3) is 5.91 Å². The molecule has 0 saturated heterocycles. The van der Waals surface area contributed by atoms with Gasteiger partial charge < -0.3 is 10.2 Å². The summed E-state index contributed by atoms with van der Waals surface area (Å²) in [6, 6.07) is 7.82. The maximum atomic E-state index is 11.8. The highest BCUT2D eigenvalue weighted by Gasteiger charge is 2.05. The zero-order valence-corrected chi connectivity index (χ0v) is 11.2. The molecule has 17 heavy (non-hydrogen) atoms. The van der Waals surface area contributed by atoms with E-state index >= 15 is 0 Å². The fraction of sp³-hybridized carbons (Fsp3) is 0.500. The van der Waals surface area contributed by atoms with Gasteiger partial charge in [-0.25, -0.2) is 0 Å². The number of rotatable bonds is 5. The molecule has 3 heteroatoms. The van der Waals surface area contributed by atoms with Crippen molar-refractivity contribution in [1.82, 2.24) is 10.2 Å². The Bertz CT molecular complexity index is 361. The molecule has 1 rings (SSSR count). The highest BCUT2D eigenvalue weighted by Crippen LogP contribution is 2.14. The molecule has 0 saturated carbocycles. The lowest BCUT2D eigenvalue weighted by molar-refractivity contribution is 0.0951. The molecule has 0 aliphatic heterocycles. The van der Waals surface area contributed by atoms with E-state index in [2.05, 4.69) is 19.2 Å².